The van der Waals surface area contributed by atoms with E-state index in [2.05, 4.69) is 29.6 Å². The molecule has 0 bridgehead atoms. The fourth-order valence-corrected chi connectivity index (χ4v) is 2.04. The summed E-state index contributed by atoms with van der Waals surface area (Å²) in [5.74, 6) is 0.173. The molecule has 0 aliphatic rings. The highest BCUT2D eigenvalue weighted by molar-refractivity contribution is 5.81. The minimum Gasteiger partial charge on any atom is -0.365 e. The highest BCUT2D eigenvalue weighted by Gasteiger charge is 2.12. The summed E-state index contributed by atoms with van der Waals surface area (Å²) < 4.78 is 0. The number of benzene rings is 1. The van der Waals surface area contributed by atoms with E-state index in [-0.39, 0.29) is 5.91 Å². The third-order valence-electron chi connectivity index (χ3n) is 3.25. The minimum absolute atomic E-state index is 0.173. The van der Waals surface area contributed by atoms with Crippen LogP contribution in [0, 0.1) is 0 Å². The molecular formula is C15H25N3O. The Morgan fingerprint density at radius 1 is 1.16 bits per heavy atom. The first-order valence-corrected chi connectivity index (χ1v) is 6.84. The molecule has 0 aliphatic carbocycles. The predicted molar refractivity (Wildman–Crippen MR) is 80.4 cm³/mol. The summed E-state index contributed by atoms with van der Waals surface area (Å²) in [6.07, 6.45) is 0. The van der Waals surface area contributed by atoms with Crippen molar-refractivity contribution in [2.24, 2.45) is 0 Å². The molecule has 0 saturated heterocycles. The Kier molecular flexibility index (Phi) is 6.36. The normalized spacial score (nSPS) is 10.3. The Hall–Kier alpha value is -1.55. The molecule has 19 heavy (non-hydrogen) atoms. The number of amides is 1. The third-order valence-corrected chi connectivity index (χ3v) is 3.25. The SMILES string of the molecule is CCN(CC)C(=O)CN(C)c1ccc(CNC)cc1. The van der Waals surface area contributed by atoms with E-state index < -0.39 is 0 Å². The quantitative estimate of drug-likeness (QED) is 0.813. The van der Waals surface area contributed by atoms with Gasteiger partial charge in [0.2, 0.25) is 5.91 Å². The molecule has 1 aromatic rings. The van der Waals surface area contributed by atoms with Gasteiger partial charge < -0.3 is 15.1 Å². The first-order valence-electron chi connectivity index (χ1n) is 6.84. The average molecular weight is 263 g/mol. The monoisotopic (exact) mass is 263 g/mol. The molecule has 1 rings (SSSR count). The van der Waals surface area contributed by atoms with Crippen LogP contribution in [0.1, 0.15) is 19.4 Å². The van der Waals surface area contributed by atoms with Crippen LogP contribution in [0.3, 0.4) is 0 Å². The molecule has 0 saturated carbocycles. The molecule has 0 heterocycles. The Balaban J connectivity index is 2.62. The molecular weight excluding hydrogens is 238 g/mol. The number of hydrogen-bond donors (Lipinski definition) is 1. The molecule has 0 atom stereocenters. The lowest BCUT2D eigenvalue weighted by Crippen LogP contribution is -2.38. The Labute approximate surface area is 116 Å². The smallest absolute Gasteiger partial charge is 0.242 e. The molecule has 0 spiro atoms. The number of nitrogens with one attached hydrogen (secondary N) is 1. The van der Waals surface area contributed by atoms with Crippen molar-refractivity contribution in [2.75, 3.05) is 38.6 Å². The number of carbonyl (C=O) groups is 1. The van der Waals surface area contributed by atoms with E-state index in [4.69, 9.17) is 0 Å². The summed E-state index contributed by atoms with van der Waals surface area (Å²) in [6, 6.07) is 8.29. The van der Waals surface area contributed by atoms with Crippen molar-refractivity contribution in [3.8, 4) is 0 Å². The van der Waals surface area contributed by atoms with Crippen molar-refractivity contribution in [3.05, 3.63) is 29.8 Å². The van der Waals surface area contributed by atoms with E-state index in [1.54, 1.807) is 0 Å². The molecule has 4 heteroatoms. The van der Waals surface area contributed by atoms with Gasteiger partial charge in [0, 0.05) is 32.4 Å². The van der Waals surface area contributed by atoms with Crippen LogP contribution in [-0.4, -0.2) is 44.5 Å². The molecule has 106 valence electrons. The van der Waals surface area contributed by atoms with E-state index in [0.717, 1.165) is 25.3 Å². The van der Waals surface area contributed by atoms with Gasteiger partial charge in [-0.3, -0.25) is 4.79 Å². The van der Waals surface area contributed by atoms with Crippen LogP contribution < -0.4 is 10.2 Å². The second-order valence-corrected chi connectivity index (χ2v) is 4.62. The Morgan fingerprint density at radius 3 is 2.21 bits per heavy atom. The number of likely N-dealkylation sites (N-methyl/N-ethyl adjacent to an activating group) is 2. The maximum atomic E-state index is 12.0. The Morgan fingerprint density at radius 2 is 1.74 bits per heavy atom. The van der Waals surface area contributed by atoms with Crippen molar-refractivity contribution in [2.45, 2.75) is 20.4 Å². The zero-order valence-electron chi connectivity index (χ0n) is 12.4. The second-order valence-electron chi connectivity index (χ2n) is 4.62. The van der Waals surface area contributed by atoms with Gasteiger partial charge in [0.25, 0.3) is 0 Å². The van der Waals surface area contributed by atoms with Gasteiger partial charge in [-0.15, -0.1) is 0 Å². The average Bonchev–Trinajstić information content (AvgIpc) is 2.41. The summed E-state index contributed by atoms with van der Waals surface area (Å²) in [6.45, 7) is 6.84. The van der Waals surface area contributed by atoms with Crippen LogP contribution in [-0.2, 0) is 11.3 Å². The van der Waals surface area contributed by atoms with Gasteiger partial charge in [-0.2, -0.15) is 0 Å². The molecule has 4 nitrogen and oxygen atoms in total. The standard InChI is InChI=1S/C15H25N3O/c1-5-18(6-2)15(19)12-17(4)14-9-7-13(8-10-14)11-16-3/h7-10,16H,5-6,11-12H2,1-4H3. The lowest BCUT2D eigenvalue weighted by atomic mass is 10.2. The predicted octanol–water partition coefficient (Wildman–Crippen LogP) is 1.71. The largest absolute Gasteiger partial charge is 0.365 e. The fourth-order valence-electron chi connectivity index (χ4n) is 2.04. The van der Waals surface area contributed by atoms with Crippen molar-refractivity contribution in [3.63, 3.8) is 0 Å². The summed E-state index contributed by atoms with van der Waals surface area (Å²) in [5, 5.41) is 3.12. The molecule has 0 radical (unpaired) electrons. The van der Waals surface area contributed by atoms with Gasteiger partial charge in [-0.1, -0.05) is 12.1 Å². The topological polar surface area (TPSA) is 35.6 Å². The zero-order chi connectivity index (χ0) is 14.3. The first kappa shape index (κ1) is 15.5. The summed E-state index contributed by atoms with van der Waals surface area (Å²) in [7, 11) is 3.89. The van der Waals surface area contributed by atoms with Gasteiger partial charge in [0.05, 0.1) is 6.54 Å². The molecule has 0 fully saturated rings. The first-order chi connectivity index (χ1) is 9.12. The molecule has 1 amide bonds. The number of rotatable bonds is 7. The zero-order valence-corrected chi connectivity index (χ0v) is 12.4. The molecule has 1 aromatic carbocycles. The highest BCUT2D eigenvalue weighted by Crippen LogP contribution is 2.13. The van der Waals surface area contributed by atoms with Crippen molar-refractivity contribution < 1.29 is 4.79 Å². The third kappa shape index (κ3) is 4.56. The molecule has 1 N–H and O–H groups in total. The van der Waals surface area contributed by atoms with Crippen molar-refractivity contribution in [1.82, 2.24) is 10.2 Å². The summed E-state index contributed by atoms with van der Waals surface area (Å²) in [5.41, 5.74) is 2.31. The van der Waals surface area contributed by atoms with Gasteiger partial charge in [0.1, 0.15) is 0 Å². The molecule has 0 aliphatic heterocycles. The Bertz CT molecular complexity index is 385. The van der Waals surface area contributed by atoms with E-state index in [1.807, 2.05) is 37.7 Å². The molecule has 0 unspecified atom stereocenters. The van der Waals surface area contributed by atoms with E-state index in [9.17, 15) is 4.79 Å². The van der Waals surface area contributed by atoms with Crippen LogP contribution in [0.15, 0.2) is 24.3 Å². The minimum atomic E-state index is 0.173. The lowest BCUT2D eigenvalue weighted by Gasteiger charge is -2.24. The van der Waals surface area contributed by atoms with Crippen molar-refractivity contribution >= 4 is 11.6 Å². The van der Waals surface area contributed by atoms with Crippen LogP contribution in [0.4, 0.5) is 5.69 Å². The van der Waals surface area contributed by atoms with E-state index >= 15 is 0 Å². The summed E-state index contributed by atoms with van der Waals surface area (Å²) in [4.78, 5) is 15.9. The number of carbonyl (C=O) groups excluding carboxylic acids is 1. The van der Waals surface area contributed by atoms with E-state index in [0.29, 0.717) is 6.54 Å². The maximum Gasteiger partial charge on any atom is 0.242 e. The van der Waals surface area contributed by atoms with Crippen LogP contribution >= 0.6 is 0 Å². The van der Waals surface area contributed by atoms with Gasteiger partial charge in [-0.25, -0.2) is 0 Å². The number of hydrogen-bond acceptors (Lipinski definition) is 3. The highest BCUT2D eigenvalue weighted by atomic mass is 16.2. The van der Waals surface area contributed by atoms with Gasteiger partial charge in [0.15, 0.2) is 0 Å². The van der Waals surface area contributed by atoms with E-state index in [1.165, 1.54) is 5.56 Å². The fraction of sp³-hybridized carbons (Fsp3) is 0.533. The lowest BCUT2D eigenvalue weighted by molar-refractivity contribution is -0.129. The van der Waals surface area contributed by atoms with Crippen LogP contribution in [0.5, 0.6) is 0 Å². The second kappa shape index (κ2) is 7.79. The number of nitrogens with zero attached hydrogens (tertiary/aromatic N) is 2. The molecule has 0 aromatic heterocycles. The maximum absolute atomic E-state index is 12.0. The van der Waals surface area contributed by atoms with Crippen molar-refractivity contribution in [1.29, 1.82) is 0 Å². The summed E-state index contributed by atoms with van der Waals surface area (Å²) >= 11 is 0. The van der Waals surface area contributed by atoms with Gasteiger partial charge in [-0.05, 0) is 38.6 Å². The van der Waals surface area contributed by atoms with Crippen LogP contribution in [0.25, 0.3) is 0 Å². The van der Waals surface area contributed by atoms with Gasteiger partial charge >= 0.3 is 0 Å². The van der Waals surface area contributed by atoms with Crippen LogP contribution in [0.2, 0.25) is 0 Å². The number of anilines is 1.